The van der Waals surface area contributed by atoms with Gasteiger partial charge in [0, 0.05) is 12.3 Å². The first-order valence-electron chi connectivity index (χ1n) is 8.71. The Labute approximate surface area is 169 Å². The van der Waals surface area contributed by atoms with Gasteiger partial charge in [0.15, 0.2) is 5.69 Å². The molecule has 0 atom stereocenters. The molecule has 2 aromatic carbocycles. The predicted molar refractivity (Wildman–Crippen MR) is 107 cm³/mol. The quantitative estimate of drug-likeness (QED) is 0.643. The van der Waals surface area contributed by atoms with Gasteiger partial charge in [-0.3, -0.25) is 4.79 Å². The van der Waals surface area contributed by atoms with Gasteiger partial charge < -0.3 is 10.5 Å². The van der Waals surface area contributed by atoms with E-state index in [2.05, 4.69) is 10.1 Å². The number of methoxy groups -OCH3 is 1. The van der Waals surface area contributed by atoms with Crippen molar-refractivity contribution in [1.29, 1.82) is 0 Å². The summed E-state index contributed by atoms with van der Waals surface area (Å²) >= 11 is 0. The lowest BCUT2D eigenvalue weighted by atomic mass is 10.2. The molecule has 0 fully saturated rings. The zero-order chi connectivity index (χ0) is 21.7. The topological polar surface area (TPSA) is 82.5 Å². The summed E-state index contributed by atoms with van der Waals surface area (Å²) in [7, 11) is 1.53. The van der Waals surface area contributed by atoms with Crippen LogP contribution in [0.25, 0.3) is 5.69 Å². The van der Waals surface area contributed by atoms with E-state index in [0.29, 0.717) is 11.4 Å². The summed E-state index contributed by atoms with van der Waals surface area (Å²) in [5, 5.41) is 4.19. The first-order chi connectivity index (χ1) is 14.3. The molecule has 30 heavy (non-hydrogen) atoms. The zero-order valence-electron chi connectivity index (χ0n) is 15.8. The highest BCUT2D eigenvalue weighted by Gasteiger charge is 2.30. The van der Waals surface area contributed by atoms with Crippen LogP contribution in [0, 0.1) is 0 Å². The van der Waals surface area contributed by atoms with Crippen LogP contribution in [0.5, 0.6) is 5.75 Å². The average Bonchev–Trinajstić information content (AvgIpc) is 2.74. The SMILES string of the molecule is COc1ccc(N=C(C=CN)c2nn(-c3cccc(C(F)(F)F)c3)ccc2=O)cc1. The van der Waals surface area contributed by atoms with Gasteiger partial charge in [0.25, 0.3) is 0 Å². The Morgan fingerprint density at radius 2 is 1.90 bits per heavy atom. The third-order valence-corrected chi connectivity index (χ3v) is 4.06. The van der Waals surface area contributed by atoms with Gasteiger partial charge >= 0.3 is 6.18 Å². The molecule has 0 aliphatic carbocycles. The smallest absolute Gasteiger partial charge is 0.416 e. The molecule has 9 heteroatoms. The van der Waals surface area contributed by atoms with Crippen molar-refractivity contribution in [3.8, 4) is 11.4 Å². The van der Waals surface area contributed by atoms with Gasteiger partial charge in [-0.2, -0.15) is 18.3 Å². The Hall–Kier alpha value is -3.88. The van der Waals surface area contributed by atoms with E-state index in [9.17, 15) is 18.0 Å². The van der Waals surface area contributed by atoms with Crippen LogP contribution in [0.3, 0.4) is 0 Å². The molecule has 1 heterocycles. The molecule has 3 rings (SSSR count). The van der Waals surface area contributed by atoms with Gasteiger partial charge in [0.2, 0.25) is 5.43 Å². The monoisotopic (exact) mass is 414 g/mol. The summed E-state index contributed by atoms with van der Waals surface area (Å²) in [4.78, 5) is 16.8. The number of nitrogens with two attached hydrogens (primary N) is 1. The maximum absolute atomic E-state index is 13.0. The second-order valence-electron chi connectivity index (χ2n) is 6.08. The van der Waals surface area contributed by atoms with Crippen LogP contribution in [-0.2, 0) is 6.18 Å². The summed E-state index contributed by atoms with van der Waals surface area (Å²) in [5.41, 5.74) is 4.97. The van der Waals surface area contributed by atoms with E-state index >= 15 is 0 Å². The summed E-state index contributed by atoms with van der Waals surface area (Å²) in [6.07, 6.45) is -0.616. The molecule has 1 aromatic heterocycles. The van der Waals surface area contributed by atoms with Gasteiger partial charge in [-0.25, -0.2) is 9.67 Å². The van der Waals surface area contributed by atoms with Crippen molar-refractivity contribution in [3.63, 3.8) is 0 Å². The second kappa shape index (κ2) is 8.64. The third kappa shape index (κ3) is 4.75. The fourth-order valence-electron chi connectivity index (χ4n) is 2.61. The molecule has 0 aliphatic heterocycles. The highest BCUT2D eigenvalue weighted by atomic mass is 19.4. The molecule has 0 saturated heterocycles. The summed E-state index contributed by atoms with van der Waals surface area (Å²) in [6.45, 7) is 0. The van der Waals surface area contributed by atoms with Crippen molar-refractivity contribution in [1.82, 2.24) is 9.78 Å². The van der Waals surface area contributed by atoms with Crippen molar-refractivity contribution in [2.75, 3.05) is 7.11 Å². The minimum absolute atomic E-state index is 0.0626. The molecule has 3 aromatic rings. The van der Waals surface area contributed by atoms with Crippen LogP contribution >= 0.6 is 0 Å². The Bertz CT molecular complexity index is 1150. The number of hydrogen-bond acceptors (Lipinski definition) is 5. The van der Waals surface area contributed by atoms with Crippen LogP contribution in [0.15, 0.2) is 82.9 Å². The fourth-order valence-corrected chi connectivity index (χ4v) is 2.61. The summed E-state index contributed by atoms with van der Waals surface area (Å²) in [5.74, 6) is 0.634. The van der Waals surface area contributed by atoms with E-state index in [1.165, 1.54) is 48.5 Å². The van der Waals surface area contributed by atoms with Gasteiger partial charge in [-0.15, -0.1) is 0 Å². The van der Waals surface area contributed by atoms with Crippen molar-refractivity contribution < 1.29 is 17.9 Å². The Balaban J connectivity index is 2.08. The number of halogens is 3. The molecule has 0 amide bonds. The first kappa shape index (κ1) is 20.8. The lowest BCUT2D eigenvalue weighted by Crippen LogP contribution is -2.20. The number of alkyl halides is 3. The van der Waals surface area contributed by atoms with Crippen LogP contribution in [0.4, 0.5) is 18.9 Å². The number of hydrogen-bond donors (Lipinski definition) is 1. The molecular weight excluding hydrogens is 397 g/mol. The van der Waals surface area contributed by atoms with Gasteiger partial charge in [0.05, 0.1) is 29.8 Å². The van der Waals surface area contributed by atoms with Crippen molar-refractivity contribution in [3.05, 3.63) is 94.6 Å². The van der Waals surface area contributed by atoms with Crippen LogP contribution in [0.2, 0.25) is 0 Å². The average molecular weight is 414 g/mol. The highest BCUT2D eigenvalue weighted by Crippen LogP contribution is 2.30. The van der Waals surface area contributed by atoms with E-state index in [1.807, 2.05) is 0 Å². The van der Waals surface area contributed by atoms with E-state index in [0.717, 1.165) is 12.1 Å². The first-order valence-corrected chi connectivity index (χ1v) is 8.71. The van der Waals surface area contributed by atoms with Gasteiger partial charge in [-0.05, 0) is 54.7 Å². The van der Waals surface area contributed by atoms with E-state index in [1.54, 1.807) is 24.3 Å². The number of ether oxygens (including phenoxy) is 1. The Morgan fingerprint density at radius 3 is 2.53 bits per heavy atom. The summed E-state index contributed by atoms with van der Waals surface area (Å²) < 4.78 is 45.3. The van der Waals surface area contributed by atoms with Crippen molar-refractivity contribution >= 4 is 11.4 Å². The lowest BCUT2D eigenvalue weighted by Gasteiger charge is -2.11. The largest absolute Gasteiger partial charge is 0.497 e. The molecule has 0 spiro atoms. The maximum atomic E-state index is 13.0. The molecule has 0 aliphatic rings. The second-order valence-corrected chi connectivity index (χ2v) is 6.08. The number of aliphatic imine (C=N–C) groups is 1. The number of nitrogens with zero attached hydrogens (tertiary/aromatic N) is 3. The highest BCUT2D eigenvalue weighted by molar-refractivity contribution is 6.08. The molecule has 0 radical (unpaired) electrons. The molecule has 0 unspecified atom stereocenters. The minimum atomic E-state index is -4.50. The van der Waals surface area contributed by atoms with E-state index in [-0.39, 0.29) is 17.1 Å². The van der Waals surface area contributed by atoms with E-state index < -0.39 is 17.2 Å². The van der Waals surface area contributed by atoms with E-state index in [4.69, 9.17) is 10.5 Å². The molecule has 154 valence electrons. The minimum Gasteiger partial charge on any atom is -0.497 e. The molecule has 2 N–H and O–H groups in total. The fraction of sp³-hybridized carbons (Fsp3) is 0.0952. The molecular formula is C21H17F3N4O2. The van der Waals surface area contributed by atoms with Crippen LogP contribution in [-0.4, -0.2) is 22.6 Å². The Kier molecular flexibility index (Phi) is 6.01. The normalized spacial score (nSPS) is 12.3. The maximum Gasteiger partial charge on any atom is 0.416 e. The van der Waals surface area contributed by atoms with Gasteiger partial charge in [0.1, 0.15) is 5.75 Å². The summed E-state index contributed by atoms with van der Waals surface area (Å²) in [6, 6.07) is 12.6. The number of allylic oxidation sites excluding steroid dienone is 1. The zero-order valence-corrected chi connectivity index (χ0v) is 15.8. The molecule has 6 nitrogen and oxygen atoms in total. The molecule has 0 bridgehead atoms. The third-order valence-electron chi connectivity index (χ3n) is 4.06. The molecule has 0 saturated carbocycles. The number of benzene rings is 2. The van der Waals surface area contributed by atoms with Gasteiger partial charge in [-0.1, -0.05) is 6.07 Å². The van der Waals surface area contributed by atoms with Crippen LogP contribution in [0.1, 0.15) is 11.3 Å². The van der Waals surface area contributed by atoms with Crippen molar-refractivity contribution in [2.24, 2.45) is 10.7 Å². The van der Waals surface area contributed by atoms with Crippen molar-refractivity contribution in [2.45, 2.75) is 6.18 Å². The number of aromatic nitrogens is 2. The standard InChI is InChI=1S/C21H17F3N4O2/c1-30-17-7-5-15(6-8-17)26-18(9-11-25)20-19(29)10-12-28(27-20)16-4-2-3-14(13-16)21(22,23)24/h2-13H,25H2,1H3. The predicted octanol–water partition coefficient (Wildman–Crippen LogP) is 3.85. The number of rotatable bonds is 5. The lowest BCUT2D eigenvalue weighted by molar-refractivity contribution is -0.137. The Morgan fingerprint density at radius 1 is 1.17 bits per heavy atom. The van der Waals surface area contributed by atoms with Crippen LogP contribution < -0.4 is 15.9 Å².